The van der Waals surface area contributed by atoms with Crippen LogP contribution in [0.25, 0.3) is 0 Å². The monoisotopic (exact) mass is 429 g/mol. The molecular formula is C22H27N3O4S. The zero-order valence-corrected chi connectivity index (χ0v) is 18.3. The van der Waals surface area contributed by atoms with Gasteiger partial charge in [0.2, 0.25) is 21.8 Å². The minimum absolute atomic E-state index is 0.0766. The van der Waals surface area contributed by atoms with E-state index in [1.54, 1.807) is 17.0 Å². The SMILES string of the molecule is CCCNS(=O)(=O)c1ccc(NC(=O)[C@@H]2CC(=O)N(c3cccc(C)c3C)C2)cc1. The van der Waals surface area contributed by atoms with Gasteiger partial charge in [0.15, 0.2) is 0 Å². The summed E-state index contributed by atoms with van der Waals surface area (Å²) in [4.78, 5) is 27.0. The zero-order valence-electron chi connectivity index (χ0n) is 17.4. The number of benzene rings is 2. The summed E-state index contributed by atoms with van der Waals surface area (Å²) in [5, 5.41) is 2.79. The Morgan fingerprint density at radius 3 is 2.50 bits per heavy atom. The fourth-order valence-corrected chi connectivity index (χ4v) is 4.56. The third-order valence-corrected chi connectivity index (χ3v) is 6.81. The van der Waals surface area contributed by atoms with E-state index in [0.717, 1.165) is 16.8 Å². The minimum atomic E-state index is -3.55. The van der Waals surface area contributed by atoms with Gasteiger partial charge in [-0.2, -0.15) is 0 Å². The van der Waals surface area contributed by atoms with Crippen LogP contribution in [0.1, 0.15) is 30.9 Å². The van der Waals surface area contributed by atoms with Crippen LogP contribution in [0.2, 0.25) is 0 Å². The molecule has 8 heteroatoms. The lowest BCUT2D eigenvalue weighted by atomic mass is 10.1. The van der Waals surface area contributed by atoms with Crippen molar-refractivity contribution in [3.05, 3.63) is 53.6 Å². The standard InChI is InChI=1S/C22H27N3O4S/c1-4-12-23-30(28,29)19-10-8-18(9-11-19)24-22(27)17-13-21(26)25(14-17)20-7-5-6-15(2)16(20)3/h5-11,17,23H,4,12-14H2,1-3H3,(H,24,27)/t17-/m1/s1. The highest BCUT2D eigenvalue weighted by Crippen LogP contribution is 2.30. The van der Waals surface area contributed by atoms with Gasteiger partial charge in [-0.05, 0) is 61.7 Å². The molecule has 2 N–H and O–H groups in total. The summed E-state index contributed by atoms with van der Waals surface area (Å²) in [6.45, 7) is 6.54. The normalized spacial score (nSPS) is 16.7. The van der Waals surface area contributed by atoms with E-state index < -0.39 is 15.9 Å². The number of nitrogens with one attached hydrogen (secondary N) is 2. The first-order chi connectivity index (χ1) is 14.2. The molecule has 1 saturated heterocycles. The molecule has 0 aromatic heterocycles. The van der Waals surface area contributed by atoms with E-state index in [2.05, 4.69) is 10.0 Å². The van der Waals surface area contributed by atoms with Gasteiger partial charge >= 0.3 is 0 Å². The fourth-order valence-electron chi connectivity index (χ4n) is 3.43. The third kappa shape index (κ3) is 4.71. The van der Waals surface area contributed by atoms with Gasteiger partial charge in [-0.15, -0.1) is 0 Å². The minimum Gasteiger partial charge on any atom is -0.326 e. The van der Waals surface area contributed by atoms with Crippen LogP contribution in [0, 0.1) is 19.8 Å². The fraction of sp³-hybridized carbons (Fsp3) is 0.364. The van der Waals surface area contributed by atoms with Crippen molar-refractivity contribution in [3.8, 4) is 0 Å². The number of sulfonamides is 1. The Hall–Kier alpha value is -2.71. The molecule has 2 amide bonds. The molecule has 0 unspecified atom stereocenters. The quantitative estimate of drug-likeness (QED) is 0.707. The second kappa shape index (κ2) is 8.97. The van der Waals surface area contributed by atoms with Crippen LogP contribution in [-0.2, 0) is 19.6 Å². The molecule has 1 fully saturated rings. The van der Waals surface area contributed by atoms with E-state index in [9.17, 15) is 18.0 Å². The average molecular weight is 430 g/mol. The molecule has 1 heterocycles. The molecule has 30 heavy (non-hydrogen) atoms. The largest absolute Gasteiger partial charge is 0.326 e. The van der Waals surface area contributed by atoms with Crippen molar-refractivity contribution in [3.63, 3.8) is 0 Å². The maximum Gasteiger partial charge on any atom is 0.240 e. The maximum atomic E-state index is 12.7. The van der Waals surface area contributed by atoms with Crippen molar-refractivity contribution in [1.82, 2.24) is 4.72 Å². The highest BCUT2D eigenvalue weighted by molar-refractivity contribution is 7.89. The van der Waals surface area contributed by atoms with Gasteiger partial charge in [-0.1, -0.05) is 19.1 Å². The molecule has 0 bridgehead atoms. The van der Waals surface area contributed by atoms with Crippen molar-refractivity contribution in [1.29, 1.82) is 0 Å². The van der Waals surface area contributed by atoms with Crippen molar-refractivity contribution >= 4 is 33.2 Å². The number of aryl methyl sites for hydroxylation is 1. The van der Waals surface area contributed by atoms with E-state index in [-0.39, 0.29) is 23.1 Å². The number of amides is 2. The second-order valence-corrected chi connectivity index (χ2v) is 9.30. The van der Waals surface area contributed by atoms with E-state index in [1.165, 1.54) is 12.1 Å². The lowest BCUT2D eigenvalue weighted by Gasteiger charge is -2.20. The molecule has 1 aliphatic rings. The molecule has 2 aromatic carbocycles. The number of hydrogen-bond acceptors (Lipinski definition) is 4. The Kier molecular flexibility index (Phi) is 6.58. The first kappa shape index (κ1) is 22.0. The molecular weight excluding hydrogens is 402 g/mol. The Labute approximate surface area is 177 Å². The van der Waals surface area contributed by atoms with E-state index in [0.29, 0.717) is 25.2 Å². The molecule has 0 radical (unpaired) electrons. The summed E-state index contributed by atoms with van der Waals surface area (Å²) in [7, 11) is -3.55. The van der Waals surface area contributed by atoms with Gasteiger partial charge in [-0.3, -0.25) is 9.59 Å². The van der Waals surface area contributed by atoms with Gasteiger partial charge in [0.1, 0.15) is 0 Å². The molecule has 0 aliphatic carbocycles. The number of nitrogens with zero attached hydrogens (tertiary/aromatic N) is 1. The molecule has 1 atom stereocenters. The molecule has 0 spiro atoms. The summed E-state index contributed by atoms with van der Waals surface area (Å²) in [6, 6.07) is 11.8. The highest BCUT2D eigenvalue weighted by atomic mass is 32.2. The van der Waals surface area contributed by atoms with Gasteiger partial charge in [0, 0.05) is 30.9 Å². The van der Waals surface area contributed by atoms with Gasteiger partial charge in [0.25, 0.3) is 0 Å². The van der Waals surface area contributed by atoms with Crippen molar-refractivity contribution < 1.29 is 18.0 Å². The summed E-state index contributed by atoms with van der Waals surface area (Å²) in [5.74, 6) is -0.796. The van der Waals surface area contributed by atoms with Gasteiger partial charge in [-0.25, -0.2) is 13.1 Å². The molecule has 3 rings (SSSR count). The second-order valence-electron chi connectivity index (χ2n) is 7.54. The first-order valence-corrected chi connectivity index (χ1v) is 11.5. The van der Waals surface area contributed by atoms with Gasteiger partial charge < -0.3 is 10.2 Å². The lowest BCUT2D eigenvalue weighted by Crippen LogP contribution is -2.28. The van der Waals surface area contributed by atoms with Crippen molar-refractivity contribution in [2.45, 2.75) is 38.5 Å². The lowest BCUT2D eigenvalue weighted by molar-refractivity contribution is -0.122. The summed E-state index contributed by atoms with van der Waals surface area (Å²) < 4.78 is 26.8. The van der Waals surface area contributed by atoms with Crippen LogP contribution in [-0.4, -0.2) is 33.3 Å². The Morgan fingerprint density at radius 2 is 1.83 bits per heavy atom. The number of carbonyl (C=O) groups excluding carboxylic acids is 2. The number of anilines is 2. The summed E-state index contributed by atoms with van der Waals surface area (Å²) in [6.07, 6.45) is 0.846. The predicted molar refractivity (Wildman–Crippen MR) is 117 cm³/mol. The van der Waals surface area contributed by atoms with Crippen molar-refractivity contribution in [2.75, 3.05) is 23.3 Å². The number of hydrogen-bond donors (Lipinski definition) is 2. The van der Waals surface area contributed by atoms with Crippen LogP contribution in [0.3, 0.4) is 0 Å². The van der Waals surface area contributed by atoms with Crippen LogP contribution in [0.5, 0.6) is 0 Å². The topological polar surface area (TPSA) is 95.6 Å². The molecule has 7 nitrogen and oxygen atoms in total. The number of rotatable bonds is 7. The van der Waals surface area contributed by atoms with E-state index >= 15 is 0 Å². The molecule has 1 aliphatic heterocycles. The smallest absolute Gasteiger partial charge is 0.240 e. The van der Waals surface area contributed by atoms with Crippen LogP contribution < -0.4 is 14.9 Å². The van der Waals surface area contributed by atoms with E-state index in [4.69, 9.17) is 0 Å². The Morgan fingerprint density at radius 1 is 1.13 bits per heavy atom. The van der Waals surface area contributed by atoms with Crippen molar-refractivity contribution in [2.24, 2.45) is 5.92 Å². The summed E-state index contributed by atoms with van der Waals surface area (Å²) in [5.41, 5.74) is 3.45. The Balaban J connectivity index is 1.67. The Bertz CT molecular complexity index is 1050. The van der Waals surface area contributed by atoms with Gasteiger partial charge in [0.05, 0.1) is 10.8 Å². The van der Waals surface area contributed by atoms with Crippen LogP contribution in [0.15, 0.2) is 47.4 Å². The third-order valence-electron chi connectivity index (χ3n) is 5.34. The molecule has 2 aromatic rings. The average Bonchev–Trinajstić information content (AvgIpc) is 3.10. The zero-order chi connectivity index (χ0) is 21.9. The highest BCUT2D eigenvalue weighted by Gasteiger charge is 2.35. The number of carbonyl (C=O) groups is 2. The maximum absolute atomic E-state index is 12.7. The van der Waals surface area contributed by atoms with E-state index in [1.807, 2.05) is 39.0 Å². The molecule has 0 saturated carbocycles. The predicted octanol–water partition coefficient (Wildman–Crippen LogP) is 2.98. The first-order valence-electron chi connectivity index (χ1n) is 10.00. The van der Waals surface area contributed by atoms with Crippen LogP contribution in [0.4, 0.5) is 11.4 Å². The summed E-state index contributed by atoms with van der Waals surface area (Å²) >= 11 is 0. The molecule has 160 valence electrons. The van der Waals surface area contributed by atoms with Crippen LogP contribution >= 0.6 is 0 Å².